The highest BCUT2D eigenvalue weighted by molar-refractivity contribution is 7.89. The summed E-state index contributed by atoms with van der Waals surface area (Å²) in [6.45, 7) is 6.57. The van der Waals surface area contributed by atoms with Crippen LogP contribution >= 0.6 is 0 Å². The quantitative estimate of drug-likeness (QED) is 0.607. The van der Waals surface area contributed by atoms with Crippen LogP contribution in [-0.2, 0) is 10.0 Å². The van der Waals surface area contributed by atoms with E-state index in [9.17, 15) is 18.5 Å². The Hall–Kier alpha value is -1.51. The summed E-state index contributed by atoms with van der Waals surface area (Å²) in [5.41, 5.74) is -0.111. The fourth-order valence-corrected chi connectivity index (χ4v) is 3.95. The van der Waals surface area contributed by atoms with E-state index < -0.39 is 14.9 Å². The van der Waals surface area contributed by atoms with Gasteiger partial charge in [-0.05, 0) is 25.5 Å². The fourth-order valence-electron chi connectivity index (χ4n) is 2.53. The molecule has 1 aromatic rings. The lowest BCUT2D eigenvalue weighted by molar-refractivity contribution is -0.384. The van der Waals surface area contributed by atoms with Gasteiger partial charge in [-0.2, -0.15) is 4.31 Å². The Labute approximate surface area is 130 Å². The molecule has 1 heterocycles. The minimum atomic E-state index is -3.58. The van der Waals surface area contributed by atoms with Crippen molar-refractivity contribution in [1.29, 1.82) is 0 Å². The lowest BCUT2D eigenvalue weighted by Crippen LogP contribution is -2.51. The third kappa shape index (κ3) is 3.45. The number of rotatable bonds is 5. The van der Waals surface area contributed by atoms with Gasteiger partial charge in [-0.1, -0.05) is 6.92 Å². The third-order valence-electron chi connectivity index (χ3n) is 4.17. The number of non-ortho nitro benzene ring substituents is 1. The highest BCUT2D eigenvalue weighted by Crippen LogP contribution is 2.21. The summed E-state index contributed by atoms with van der Waals surface area (Å²) in [6, 6.07) is 5.50. The maximum Gasteiger partial charge on any atom is 0.269 e. The van der Waals surface area contributed by atoms with Crippen molar-refractivity contribution in [3.8, 4) is 0 Å². The number of nitrogens with zero attached hydrogens (tertiary/aromatic N) is 3. The van der Waals surface area contributed by atoms with Gasteiger partial charge >= 0.3 is 0 Å². The number of hydrogen-bond acceptors (Lipinski definition) is 5. The first-order valence-corrected chi connectivity index (χ1v) is 8.79. The van der Waals surface area contributed by atoms with Crippen molar-refractivity contribution in [2.24, 2.45) is 0 Å². The van der Waals surface area contributed by atoms with Gasteiger partial charge in [0.1, 0.15) is 0 Å². The number of benzene rings is 1. The van der Waals surface area contributed by atoms with Crippen LogP contribution in [0, 0.1) is 10.1 Å². The lowest BCUT2D eigenvalue weighted by Gasteiger charge is -2.37. The molecule has 7 nitrogen and oxygen atoms in total. The molecular formula is C14H21N3O4S. The lowest BCUT2D eigenvalue weighted by atomic mass is 10.2. The Bertz CT molecular complexity index is 622. The predicted molar refractivity (Wildman–Crippen MR) is 83.2 cm³/mol. The first-order valence-electron chi connectivity index (χ1n) is 7.35. The summed E-state index contributed by atoms with van der Waals surface area (Å²) in [4.78, 5) is 12.5. The summed E-state index contributed by atoms with van der Waals surface area (Å²) in [7, 11) is -3.58. The normalized spacial score (nSPS) is 19.0. The molecule has 8 heteroatoms. The van der Waals surface area contributed by atoms with Crippen molar-refractivity contribution >= 4 is 15.7 Å². The number of nitro benzene ring substituents is 1. The van der Waals surface area contributed by atoms with Gasteiger partial charge in [0.15, 0.2) is 0 Å². The van der Waals surface area contributed by atoms with Gasteiger partial charge < -0.3 is 0 Å². The molecule has 2 rings (SSSR count). The first-order chi connectivity index (χ1) is 10.4. The van der Waals surface area contributed by atoms with Crippen molar-refractivity contribution in [2.75, 3.05) is 26.2 Å². The molecule has 1 saturated heterocycles. The second-order valence-corrected chi connectivity index (χ2v) is 7.39. The van der Waals surface area contributed by atoms with Crippen LogP contribution in [0.15, 0.2) is 29.2 Å². The number of sulfonamides is 1. The average Bonchev–Trinajstić information content (AvgIpc) is 2.54. The first kappa shape index (κ1) is 16.9. The SMILES string of the molecule is CCC(C)N1CCN(S(=O)(=O)c2ccc([N+](=O)[O-])cc2)CC1. The van der Waals surface area contributed by atoms with E-state index in [2.05, 4.69) is 18.7 Å². The monoisotopic (exact) mass is 327 g/mol. The van der Waals surface area contributed by atoms with Crippen molar-refractivity contribution in [2.45, 2.75) is 31.2 Å². The van der Waals surface area contributed by atoms with E-state index in [4.69, 9.17) is 0 Å². The molecule has 0 amide bonds. The summed E-state index contributed by atoms with van der Waals surface area (Å²) in [6.07, 6.45) is 1.04. The zero-order valence-electron chi connectivity index (χ0n) is 12.8. The Balaban J connectivity index is 2.10. The van der Waals surface area contributed by atoms with Crippen LogP contribution in [0.25, 0.3) is 0 Å². The molecule has 0 aromatic heterocycles. The van der Waals surface area contributed by atoms with Crippen molar-refractivity contribution in [1.82, 2.24) is 9.21 Å². The Kier molecular flexibility index (Phi) is 5.15. The van der Waals surface area contributed by atoms with E-state index in [1.54, 1.807) is 0 Å². The molecule has 1 aliphatic heterocycles. The van der Waals surface area contributed by atoms with E-state index in [1.807, 2.05) is 0 Å². The Morgan fingerprint density at radius 2 is 1.73 bits per heavy atom. The molecule has 1 aromatic carbocycles. The van der Waals surface area contributed by atoms with Crippen molar-refractivity contribution in [3.63, 3.8) is 0 Å². The van der Waals surface area contributed by atoms with Gasteiger partial charge in [-0.25, -0.2) is 8.42 Å². The van der Waals surface area contributed by atoms with Gasteiger partial charge in [-0.3, -0.25) is 15.0 Å². The van der Waals surface area contributed by atoms with Gasteiger partial charge in [0, 0.05) is 44.4 Å². The van der Waals surface area contributed by atoms with E-state index in [1.165, 1.54) is 28.6 Å². The van der Waals surface area contributed by atoms with E-state index >= 15 is 0 Å². The average molecular weight is 327 g/mol. The molecule has 1 unspecified atom stereocenters. The standard InChI is InChI=1S/C14H21N3O4S/c1-3-12(2)15-8-10-16(11-9-15)22(20,21)14-6-4-13(5-7-14)17(18)19/h4-7,12H,3,8-11H2,1-2H3. The topological polar surface area (TPSA) is 83.8 Å². The highest BCUT2D eigenvalue weighted by Gasteiger charge is 2.29. The van der Waals surface area contributed by atoms with Crippen LogP contribution in [0.4, 0.5) is 5.69 Å². The van der Waals surface area contributed by atoms with Gasteiger partial charge in [-0.15, -0.1) is 0 Å². The predicted octanol–water partition coefficient (Wildman–Crippen LogP) is 1.70. The van der Waals surface area contributed by atoms with Crippen LogP contribution in [0.5, 0.6) is 0 Å². The molecule has 22 heavy (non-hydrogen) atoms. The van der Waals surface area contributed by atoms with Crippen molar-refractivity contribution < 1.29 is 13.3 Å². The smallest absolute Gasteiger partial charge is 0.269 e. The minimum Gasteiger partial charge on any atom is -0.298 e. The summed E-state index contributed by atoms with van der Waals surface area (Å²) < 4.78 is 26.6. The third-order valence-corrected chi connectivity index (χ3v) is 6.09. The summed E-state index contributed by atoms with van der Waals surface area (Å²) >= 11 is 0. The summed E-state index contributed by atoms with van der Waals surface area (Å²) in [5, 5.41) is 10.6. The molecule has 122 valence electrons. The molecule has 1 fully saturated rings. The largest absolute Gasteiger partial charge is 0.298 e. The Morgan fingerprint density at radius 1 is 1.18 bits per heavy atom. The van der Waals surface area contributed by atoms with Crippen LogP contribution in [-0.4, -0.2) is 54.8 Å². The number of nitro groups is 1. The van der Waals surface area contributed by atoms with E-state index in [-0.39, 0.29) is 10.6 Å². The minimum absolute atomic E-state index is 0.107. The van der Waals surface area contributed by atoms with E-state index in [0.29, 0.717) is 32.2 Å². The summed E-state index contributed by atoms with van der Waals surface area (Å²) in [5.74, 6) is 0. The zero-order chi connectivity index (χ0) is 16.3. The van der Waals surface area contributed by atoms with Gasteiger partial charge in [0.25, 0.3) is 5.69 Å². The van der Waals surface area contributed by atoms with Crippen LogP contribution < -0.4 is 0 Å². The van der Waals surface area contributed by atoms with Crippen molar-refractivity contribution in [3.05, 3.63) is 34.4 Å². The van der Waals surface area contributed by atoms with Crippen LogP contribution in [0.1, 0.15) is 20.3 Å². The molecule has 0 aliphatic carbocycles. The molecule has 0 saturated carbocycles. The van der Waals surface area contributed by atoms with Crippen LogP contribution in [0.3, 0.4) is 0 Å². The second-order valence-electron chi connectivity index (χ2n) is 5.45. The molecule has 1 atom stereocenters. The maximum absolute atomic E-state index is 12.6. The highest BCUT2D eigenvalue weighted by atomic mass is 32.2. The molecular weight excluding hydrogens is 306 g/mol. The molecule has 1 aliphatic rings. The number of hydrogen-bond donors (Lipinski definition) is 0. The van der Waals surface area contributed by atoms with Gasteiger partial charge in [0.2, 0.25) is 10.0 Å². The molecule has 0 bridgehead atoms. The van der Waals surface area contributed by atoms with Crippen LogP contribution in [0.2, 0.25) is 0 Å². The van der Waals surface area contributed by atoms with E-state index in [0.717, 1.165) is 6.42 Å². The molecule has 0 radical (unpaired) electrons. The molecule has 0 spiro atoms. The maximum atomic E-state index is 12.6. The molecule has 0 N–H and O–H groups in total. The second kappa shape index (κ2) is 6.72. The Morgan fingerprint density at radius 3 is 2.18 bits per heavy atom. The van der Waals surface area contributed by atoms with Gasteiger partial charge in [0.05, 0.1) is 9.82 Å². The zero-order valence-corrected chi connectivity index (χ0v) is 13.6. The number of piperazine rings is 1. The fraction of sp³-hybridized carbons (Fsp3) is 0.571.